The quantitative estimate of drug-likeness (QED) is 0.264. The van der Waals surface area contributed by atoms with Crippen molar-refractivity contribution in [3.05, 3.63) is 14.9 Å². The van der Waals surface area contributed by atoms with Crippen LogP contribution in [0.2, 0.25) is 24.2 Å². The van der Waals surface area contributed by atoms with Crippen LogP contribution in [0, 0.1) is 38.5 Å². The van der Waals surface area contributed by atoms with Crippen molar-refractivity contribution in [3.8, 4) is 0 Å². The molecule has 4 rings (SSSR count). The molecule has 4 fully saturated rings. The molecule has 26 heavy (non-hydrogen) atoms. The van der Waals surface area contributed by atoms with E-state index in [1.807, 2.05) is 0 Å². The van der Waals surface area contributed by atoms with Crippen LogP contribution in [0.15, 0.2) is 0 Å². The van der Waals surface area contributed by atoms with Crippen LogP contribution in [0.25, 0.3) is 0 Å². The Hall–Kier alpha value is 1.68. The molecule has 152 valence electrons. The summed E-state index contributed by atoms with van der Waals surface area (Å²) < 4.78 is 0. The molecule has 0 amide bonds. The molecule has 0 nitrogen and oxygen atoms in total. The summed E-state index contributed by atoms with van der Waals surface area (Å²) in [7, 11) is 8.87. The third kappa shape index (κ3) is 5.43. The summed E-state index contributed by atoms with van der Waals surface area (Å²) in [4.78, 5) is 0. The predicted molar refractivity (Wildman–Crippen MR) is 119 cm³/mol. The minimum absolute atomic E-state index is 0. The van der Waals surface area contributed by atoms with Crippen molar-refractivity contribution in [2.45, 2.75) is 101 Å². The Morgan fingerprint density at radius 2 is 1.19 bits per heavy atom. The molecule has 0 bridgehead atoms. The van der Waals surface area contributed by atoms with Gasteiger partial charge in [-0.1, -0.05) is 64.5 Å². The number of halogens is 2. The van der Waals surface area contributed by atoms with Gasteiger partial charge in [0, 0.05) is 0 Å². The van der Waals surface area contributed by atoms with Gasteiger partial charge in [0.1, 0.15) is 0 Å². The summed E-state index contributed by atoms with van der Waals surface area (Å²) in [5.74, 6) is 4.65. The second kappa shape index (κ2) is 11.8. The molecule has 4 aliphatic rings. The van der Waals surface area contributed by atoms with Crippen LogP contribution in [0.5, 0.6) is 0 Å². The van der Waals surface area contributed by atoms with Crippen molar-refractivity contribution in [1.82, 2.24) is 0 Å². The molecule has 0 aliphatic heterocycles. The number of rotatable bonds is 2. The van der Waals surface area contributed by atoms with Crippen LogP contribution in [0.1, 0.15) is 77.0 Å². The molecule has 5 atom stereocenters. The molecule has 0 heterocycles. The van der Waals surface area contributed by atoms with Crippen LogP contribution >= 0.6 is 17.0 Å². The number of hydrogen-bond donors (Lipinski definition) is 0. The van der Waals surface area contributed by atoms with E-state index in [1.165, 1.54) is 22.9 Å². The van der Waals surface area contributed by atoms with Crippen LogP contribution < -0.4 is 0 Å². The molecular weight excluding hydrogens is 454 g/mol. The van der Waals surface area contributed by atoms with E-state index in [4.69, 9.17) is 17.0 Å². The fourth-order valence-corrected chi connectivity index (χ4v) is 12.4. The fraction of sp³-hybridized carbons (Fsp3) is 0.909. The van der Waals surface area contributed by atoms with Gasteiger partial charge in [-0.05, 0) is 60.4 Å². The topological polar surface area (TPSA) is 0 Å². The van der Waals surface area contributed by atoms with E-state index in [2.05, 4.69) is 13.1 Å². The zero-order valence-corrected chi connectivity index (χ0v) is 22.7. The first kappa shape index (κ1) is 25.7. The van der Waals surface area contributed by atoms with Crippen molar-refractivity contribution >= 4 is 25.1 Å². The second-order valence-corrected chi connectivity index (χ2v) is 18.6. The van der Waals surface area contributed by atoms with E-state index < -0.39 is 28.9 Å². The zero-order valence-electron chi connectivity index (χ0n) is 17.7. The van der Waals surface area contributed by atoms with Gasteiger partial charge in [-0.2, -0.15) is 0 Å². The standard InChI is InChI=1S/C20H36Si.2CH3.2ClH.Zr/c1-21(2,16-8-4-5-9-16)20-14-13-18-17-10-6-3-7-15(17)11-12-19(18)20;;;;;/h15-20H,3-14H2,1-2H3;2*1H3;2*1H;/q;2*-1;;;+4/p-2. The molecule has 0 radical (unpaired) electrons. The summed E-state index contributed by atoms with van der Waals surface area (Å²) in [5.41, 5.74) is 2.39. The third-order valence-electron chi connectivity index (χ3n) is 8.63. The second-order valence-electron chi connectivity index (χ2n) is 9.67. The van der Waals surface area contributed by atoms with Gasteiger partial charge in [0.05, 0.1) is 8.07 Å². The molecule has 0 saturated heterocycles. The maximum atomic E-state index is 4.93. The first-order valence-electron chi connectivity index (χ1n) is 10.6. The van der Waals surface area contributed by atoms with Crippen molar-refractivity contribution in [2.75, 3.05) is 0 Å². The van der Waals surface area contributed by atoms with Crippen molar-refractivity contribution in [2.24, 2.45) is 23.7 Å². The van der Waals surface area contributed by atoms with Crippen molar-refractivity contribution < 1.29 is 20.8 Å². The summed E-state index contributed by atoms with van der Waals surface area (Å²) in [6, 6.07) is 0. The summed E-state index contributed by atoms with van der Waals surface area (Å²) in [6.07, 6.45) is 19.1. The van der Waals surface area contributed by atoms with E-state index in [0.29, 0.717) is 0 Å². The van der Waals surface area contributed by atoms with Crippen LogP contribution in [-0.4, -0.2) is 8.07 Å². The van der Waals surface area contributed by atoms with Crippen LogP contribution in [0.4, 0.5) is 0 Å². The Labute approximate surface area is 184 Å². The maximum absolute atomic E-state index is 4.93. The molecule has 0 spiro atoms. The number of hydrogen-bond acceptors (Lipinski definition) is 0. The summed E-state index contributed by atoms with van der Waals surface area (Å²) in [5, 5.41) is 0. The molecule has 0 N–H and O–H groups in total. The molecule has 4 saturated carbocycles. The van der Waals surface area contributed by atoms with Gasteiger partial charge < -0.3 is 14.9 Å². The molecular formula is C22H42Cl2SiZr. The first-order chi connectivity index (χ1) is 11.6. The van der Waals surface area contributed by atoms with E-state index in [9.17, 15) is 0 Å². The van der Waals surface area contributed by atoms with Crippen LogP contribution in [0.3, 0.4) is 0 Å². The van der Waals surface area contributed by atoms with Gasteiger partial charge >= 0.3 is 37.9 Å². The molecule has 0 aromatic rings. The Morgan fingerprint density at radius 3 is 1.85 bits per heavy atom. The Kier molecular flexibility index (Phi) is 11.6. The third-order valence-corrected chi connectivity index (χ3v) is 13.9. The monoisotopic (exact) mass is 494 g/mol. The van der Waals surface area contributed by atoms with Gasteiger partial charge in [-0.15, -0.1) is 0 Å². The SMILES string of the molecule is C[Si](C)(C1CCCC1)C1CCC2C3CCCCC3CCC21.[CH3-].[CH3-].[Cl][Zr+2][Cl]. The van der Waals surface area contributed by atoms with E-state index >= 15 is 0 Å². The Bertz CT molecular complexity index is 398. The van der Waals surface area contributed by atoms with Crippen molar-refractivity contribution in [3.63, 3.8) is 0 Å². The van der Waals surface area contributed by atoms with Crippen molar-refractivity contribution in [1.29, 1.82) is 0 Å². The average Bonchev–Trinajstić information content (AvgIpc) is 3.25. The molecule has 4 aliphatic carbocycles. The van der Waals surface area contributed by atoms with Gasteiger partial charge in [0.2, 0.25) is 0 Å². The summed E-state index contributed by atoms with van der Waals surface area (Å²) in [6.45, 7) is 5.59. The van der Waals surface area contributed by atoms with Gasteiger partial charge in [-0.3, -0.25) is 0 Å². The molecule has 4 heteroatoms. The zero-order chi connectivity index (χ0) is 17.2. The Balaban J connectivity index is 0.000000635. The van der Waals surface area contributed by atoms with E-state index in [1.54, 1.807) is 77.0 Å². The normalized spacial score (nSPS) is 36.4. The summed E-state index contributed by atoms with van der Waals surface area (Å²) >= 11 is -0.826. The molecule has 5 unspecified atom stereocenters. The minimum atomic E-state index is -1.00. The van der Waals surface area contributed by atoms with E-state index in [0.717, 1.165) is 11.8 Å². The molecule has 0 aromatic heterocycles. The average molecular weight is 497 g/mol. The van der Waals surface area contributed by atoms with Crippen LogP contribution in [-0.2, 0) is 20.8 Å². The Morgan fingerprint density at radius 1 is 0.654 bits per heavy atom. The number of fused-ring (bicyclic) bond motifs is 3. The van der Waals surface area contributed by atoms with E-state index in [-0.39, 0.29) is 14.9 Å². The predicted octanol–water partition coefficient (Wildman–Crippen LogP) is 8.91. The molecule has 0 aromatic carbocycles. The van der Waals surface area contributed by atoms with Gasteiger partial charge in [0.25, 0.3) is 0 Å². The first-order valence-corrected chi connectivity index (χ1v) is 20.0. The fourth-order valence-electron chi connectivity index (χ4n) is 7.51. The van der Waals surface area contributed by atoms with Gasteiger partial charge in [0.15, 0.2) is 0 Å². The van der Waals surface area contributed by atoms with Gasteiger partial charge in [-0.25, -0.2) is 0 Å².